The Kier molecular flexibility index (Phi) is 26.4. The largest absolute Gasteiger partial charge is 0.508 e. The van der Waals surface area contributed by atoms with E-state index >= 15 is 0 Å². The third-order valence-corrected chi connectivity index (χ3v) is 15.0. The van der Waals surface area contributed by atoms with Crippen molar-refractivity contribution in [3.63, 3.8) is 0 Å². The van der Waals surface area contributed by atoms with Crippen LogP contribution in [0.15, 0.2) is 96.0 Å². The van der Waals surface area contributed by atoms with E-state index in [2.05, 4.69) is 36.9 Å². The van der Waals surface area contributed by atoms with Gasteiger partial charge >= 0.3 is 17.9 Å². The molecule has 0 bridgehead atoms. The van der Waals surface area contributed by atoms with Crippen molar-refractivity contribution in [2.24, 2.45) is 16.5 Å². The lowest BCUT2D eigenvalue weighted by atomic mass is 10.00. The number of hydrogen-bond acceptors (Lipinski definition) is 16. The maximum absolute atomic E-state index is 14.7. The highest BCUT2D eigenvalue weighted by molar-refractivity contribution is 5.98. The Hall–Kier alpha value is -9.25. The quantitative estimate of drug-likeness (QED) is 0.0219. The van der Waals surface area contributed by atoms with Gasteiger partial charge in [-0.1, -0.05) is 66.7 Å². The first-order chi connectivity index (χ1) is 42.1. The zero-order chi connectivity index (χ0) is 63.7. The van der Waals surface area contributed by atoms with Crippen LogP contribution in [-0.2, 0) is 62.5 Å². The molecule has 28 nitrogen and oxygen atoms in total. The molecule has 4 atom stereocenters. The van der Waals surface area contributed by atoms with Crippen molar-refractivity contribution >= 4 is 76.0 Å². The highest BCUT2D eigenvalue weighted by Gasteiger charge is 2.36. The van der Waals surface area contributed by atoms with Gasteiger partial charge in [0.05, 0.1) is 32.7 Å². The summed E-state index contributed by atoms with van der Waals surface area (Å²) in [6.07, 6.45) is 0.211. The fourth-order valence-corrected chi connectivity index (χ4v) is 10.2. The molecule has 2 aliphatic rings. The highest BCUT2D eigenvalue weighted by Crippen LogP contribution is 2.19. The third-order valence-electron chi connectivity index (χ3n) is 15.0. The van der Waals surface area contributed by atoms with E-state index in [-0.39, 0.29) is 160 Å². The van der Waals surface area contributed by atoms with Crippen LogP contribution in [0.4, 0.5) is 0 Å². The number of carbonyl (C=O) groups is 10. The maximum atomic E-state index is 14.7. The minimum Gasteiger partial charge on any atom is -0.508 e. The number of carbonyl (C=O) groups excluding carboxylic acids is 7. The number of aliphatic imine (C=N–C) groups is 1. The molecule has 2 saturated heterocycles. The first-order valence-corrected chi connectivity index (χ1v) is 29.0. The number of nitrogens with one attached hydrogen (secondary N) is 6. The number of aliphatic carboxylic acids is 3. The summed E-state index contributed by atoms with van der Waals surface area (Å²) in [5.41, 5.74) is 13.3. The molecule has 6 rings (SSSR count). The monoisotopic (exact) mass is 1220 g/mol. The molecule has 2 aliphatic heterocycles. The standard InChI is InChI=1S/C60H80N14O14/c1-70-49(9-5-20-63-55(84)43-16-10-40(11-17-43)33-65-51(77)35-71-22-24-72(36-52(78)79)26-28-74(38-54(82)83)29-27-73(25-23-71)37-53(80)81)58(87)68-46(8-4-21-64-60(61)62)57(86)69-47(32-41-12-15-42-6-2-3-7-44(42)30-41)56(85)66-34-50(76)67-48(59(70)88)31-39-13-18-45(75)19-14-39/h2-3,6-7,10-19,30,46-49,75H,4-5,8-9,20-29,31-38H2,1H3,(H,63,84)(H,65,77)(H,66,85)(H,67,76)(H,68,87)(H,69,86)(H,78,79)(H,80,81)(H,82,83)(H4,61,62,64)/t46-,47-,48+,49+/m0/s1. The molecule has 0 aliphatic carbocycles. The van der Waals surface area contributed by atoms with E-state index in [1.54, 1.807) is 56.0 Å². The number of phenols is 1. The van der Waals surface area contributed by atoms with Gasteiger partial charge in [0.2, 0.25) is 35.4 Å². The lowest BCUT2D eigenvalue weighted by Gasteiger charge is -2.32. The molecule has 2 heterocycles. The van der Waals surface area contributed by atoms with E-state index in [0.29, 0.717) is 16.7 Å². The second kappa shape index (κ2) is 34.2. The smallest absolute Gasteiger partial charge is 0.317 e. The third kappa shape index (κ3) is 22.9. The number of likely N-dealkylation sites (N-methyl/N-ethyl adjacent to an activating group) is 1. The second-order valence-corrected chi connectivity index (χ2v) is 21.8. The van der Waals surface area contributed by atoms with Gasteiger partial charge < -0.3 is 68.7 Å². The number of guanidine groups is 1. The predicted molar refractivity (Wildman–Crippen MR) is 323 cm³/mol. The average molecular weight is 1220 g/mol. The summed E-state index contributed by atoms with van der Waals surface area (Å²) in [5, 5.41) is 57.0. The number of carboxylic acids is 3. The number of hydrogen-bond donors (Lipinski definition) is 12. The summed E-state index contributed by atoms with van der Waals surface area (Å²) in [5.74, 6) is -7.87. The van der Waals surface area contributed by atoms with E-state index in [9.17, 15) is 68.4 Å². The van der Waals surface area contributed by atoms with Crippen molar-refractivity contribution in [2.45, 2.75) is 69.2 Å². The normalized spacial score (nSPS) is 19.5. The Bertz CT molecular complexity index is 3080. The van der Waals surface area contributed by atoms with Gasteiger partial charge in [0.15, 0.2) is 5.96 Å². The molecule has 14 N–H and O–H groups in total. The number of nitrogens with zero attached hydrogens (tertiary/aromatic N) is 6. The summed E-state index contributed by atoms with van der Waals surface area (Å²) in [4.78, 5) is 145. The van der Waals surface area contributed by atoms with Crippen LogP contribution in [0.2, 0.25) is 0 Å². The van der Waals surface area contributed by atoms with Crippen molar-refractivity contribution in [1.82, 2.24) is 56.4 Å². The van der Waals surface area contributed by atoms with Gasteiger partial charge in [-0.3, -0.25) is 72.5 Å². The van der Waals surface area contributed by atoms with Gasteiger partial charge in [-0.15, -0.1) is 0 Å². The van der Waals surface area contributed by atoms with Gasteiger partial charge in [0.25, 0.3) is 5.91 Å². The molecule has 0 radical (unpaired) electrons. The van der Waals surface area contributed by atoms with Gasteiger partial charge in [-0.05, 0) is 77.4 Å². The van der Waals surface area contributed by atoms with Gasteiger partial charge in [-0.25, -0.2) is 0 Å². The number of carboxylic acid groups (broad SMARTS) is 3. The summed E-state index contributed by atoms with van der Waals surface area (Å²) in [6, 6.07) is 20.5. The Morgan fingerprint density at radius 2 is 1.11 bits per heavy atom. The van der Waals surface area contributed by atoms with Gasteiger partial charge in [-0.2, -0.15) is 0 Å². The Labute approximate surface area is 509 Å². The average Bonchev–Trinajstić information content (AvgIpc) is 3.71. The lowest BCUT2D eigenvalue weighted by molar-refractivity contribution is -0.142. The Morgan fingerprint density at radius 1 is 0.580 bits per heavy atom. The highest BCUT2D eigenvalue weighted by atomic mass is 16.4. The van der Waals surface area contributed by atoms with Crippen LogP contribution in [0.1, 0.15) is 52.7 Å². The van der Waals surface area contributed by atoms with Crippen LogP contribution in [0.3, 0.4) is 0 Å². The number of benzene rings is 4. The number of nitrogens with two attached hydrogens (primary N) is 2. The fraction of sp³-hybridized carbons (Fsp3) is 0.450. The SMILES string of the molecule is CN1C(=O)[C@@H](Cc2ccc(O)cc2)NC(=O)CNC(=O)[C@H](Cc2ccc3ccccc3c2)NC(=O)[C@H](CCCN=C(N)N)NC(=O)[C@H]1CCCNC(=O)c1ccc(CNC(=O)CN2CCN(CC(=O)O)CCN(CC(=O)O)CCN(CC(=O)O)CC2)cc1. The zero-order valence-electron chi connectivity index (χ0n) is 49.2. The van der Waals surface area contributed by atoms with E-state index in [1.165, 1.54) is 24.1 Å². The van der Waals surface area contributed by atoms with Crippen molar-refractivity contribution in [3.05, 3.63) is 113 Å². The molecule has 4 aromatic carbocycles. The molecule has 88 heavy (non-hydrogen) atoms. The molecule has 2 fully saturated rings. The molecular weight excluding hydrogens is 1140 g/mol. The van der Waals surface area contributed by atoms with E-state index in [4.69, 9.17) is 11.5 Å². The summed E-state index contributed by atoms with van der Waals surface area (Å²) in [7, 11) is 1.38. The minimum atomic E-state index is -1.29. The molecule has 28 heteroatoms. The van der Waals surface area contributed by atoms with Crippen LogP contribution in [0.25, 0.3) is 10.8 Å². The molecule has 0 aromatic heterocycles. The van der Waals surface area contributed by atoms with Crippen LogP contribution in [-0.4, -0.2) is 240 Å². The molecular formula is C60H80N14O14. The Balaban J connectivity index is 1.13. The number of phenolic OH excluding ortho intramolecular Hbond substituents is 1. The summed E-state index contributed by atoms with van der Waals surface area (Å²) < 4.78 is 0. The molecule has 474 valence electrons. The number of rotatable bonds is 23. The first-order valence-electron chi connectivity index (χ1n) is 29.0. The maximum Gasteiger partial charge on any atom is 0.317 e. The van der Waals surface area contributed by atoms with E-state index in [0.717, 1.165) is 10.8 Å². The van der Waals surface area contributed by atoms with Crippen LogP contribution < -0.4 is 43.4 Å². The van der Waals surface area contributed by atoms with Crippen molar-refractivity contribution < 1.29 is 68.4 Å². The van der Waals surface area contributed by atoms with Gasteiger partial charge in [0.1, 0.15) is 29.9 Å². The van der Waals surface area contributed by atoms with Crippen LogP contribution in [0, 0.1) is 0 Å². The second-order valence-electron chi connectivity index (χ2n) is 21.8. The minimum absolute atomic E-state index is 0.000425. The number of aromatic hydroxyl groups is 1. The first kappa shape index (κ1) is 67.9. The molecule has 0 saturated carbocycles. The predicted octanol–water partition coefficient (Wildman–Crippen LogP) is -1.90. The molecule has 7 amide bonds. The molecule has 0 spiro atoms. The van der Waals surface area contributed by atoms with Crippen LogP contribution >= 0.6 is 0 Å². The van der Waals surface area contributed by atoms with E-state index < -0.39 is 84.1 Å². The van der Waals surface area contributed by atoms with E-state index in [1.807, 2.05) is 42.5 Å². The lowest BCUT2D eigenvalue weighted by Crippen LogP contribution is -2.58. The zero-order valence-corrected chi connectivity index (χ0v) is 49.2. The molecule has 4 aromatic rings. The summed E-state index contributed by atoms with van der Waals surface area (Å²) >= 11 is 0. The molecule has 0 unspecified atom stereocenters. The fourth-order valence-electron chi connectivity index (χ4n) is 10.2. The number of fused-ring (bicyclic) bond motifs is 1. The van der Waals surface area contributed by atoms with Crippen LogP contribution in [0.5, 0.6) is 5.75 Å². The number of amides is 7. The van der Waals surface area contributed by atoms with Crippen molar-refractivity contribution in [1.29, 1.82) is 0 Å². The Morgan fingerprint density at radius 3 is 1.69 bits per heavy atom. The topological polar surface area (TPSA) is 404 Å². The van der Waals surface area contributed by atoms with Crippen molar-refractivity contribution in [3.8, 4) is 5.75 Å². The van der Waals surface area contributed by atoms with Crippen molar-refractivity contribution in [2.75, 3.05) is 105 Å². The summed E-state index contributed by atoms with van der Waals surface area (Å²) in [6.45, 7) is 0.527. The van der Waals surface area contributed by atoms with Gasteiger partial charge in [0, 0.05) is 97.4 Å².